The molecule has 10 heteroatoms. The van der Waals surface area contributed by atoms with Crippen molar-refractivity contribution in [2.45, 2.75) is 148 Å². The highest BCUT2D eigenvalue weighted by Crippen LogP contribution is 2.89. The molecule has 2 spiro atoms. The van der Waals surface area contributed by atoms with Gasteiger partial charge in [0, 0.05) is 24.4 Å². The summed E-state index contributed by atoms with van der Waals surface area (Å²) in [5.41, 5.74) is -0.825. The second kappa shape index (κ2) is 11.8. The van der Waals surface area contributed by atoms with Crippen molar-refractivity contribution >= 4 is 0 Å². The lowest BCUT2D eigenvalue weighted by Gasteiger charge is -2.64. The Morgan fingerprint density at radius 2 is 1.73 bits per heavy atom. The van der Waals surface area contributed by atoms with Gasteiger partial charge >= 0.3 is 6.01 Å². The van der Waals surface area contributed by atoms with E-state index in [0.29, 0.717) is 29.2 Å². The van der Waals surface area contributed by atoms with Crippen molar-refractivity contribution in [3.63, 3.8) is 0 Å². The van der Waals surface area contributed by atoms with E-state index in [1.165, 1.54) is 25.7 Å². The van der Waals surface area contributed by atoms with Crippen LogP contribution < -0.4 is 4.74 Å². The number of hydrogen-bond donors (Lipinski definition) is 2. The smallest absolute Gasteiger partial charge is 0.316 e. The molecule has 0 radical (unpaired) electrons. The standard InChI is InChI=1S/C41H63N3O7/c1-24-19-26(34(37(4,5)46)51-35-42-15-8-16-43-35)49-32-31(24)38(6)13-14-41-23-40(41)12-11-29(50-30-20-44(17-18-48-30)25-21-47-22-25)36(2,3)27(40)9-10-28(41)39(38,7)33(32)45/h8,15-16,24-34,45-46H,9-14,17-23H2,1-7H3/t24?,26?,27-,28?,29?,30-,31?,32?,33-,34-,38+,39+,40+,41-/m0/s1. The van der Waals surface area contributed by atoms with Crippen molar-refractivity contribution in [1.82, 2.24) is 14.9 Å². The molecule has 8 aliphatic rings. The predicted molar refractivity (Wildman–Crippen MR) is 190 cm³/mol. The van der Waals surface area contributed by atoms with E-state index in [-0.39, 0.29) is 58.2 Å². The fourth-order valence-electron chi connectivity index (χ4n) is 14.6. The van der Waals surface area contributed by atoms with Crippen LogP contribution in [0.5, 0.6) is 6.01 Å². The first-order valence-electron chi connectivity index (χ1n) is 20.2. The van der Waals surface area contributed by atoms with Crippen LogP contribution in [0.2, 0.25) is 0 Å². The van der Waals surface area contributed by atoms with Crippen molar-refractivity contribution in [3.8, 4) is 6.01 Å². The topological polar surface area (TPSA) is 116 Å². The molecule has 3 aliphatic heterocycles. The summed E-state index contributed by atoms with van der Waals surface area (Å²) in [5.74, 6) is 1.62. The van der Waals surface area contributed by atoms with Crippen molar-refractivity contribution in [2.75, 3.05) is 32.9 Å². The lowest BCUT2D eigenvalue weighted by Crippen LogP contribution is -2.60. The summed E-state index contributed by atoms with van der Waals surface area (Å²) >= 11 is 0. The van der Waals surface area contributed by atoms with E-state index in [4.69, 9.17) is 23.7 Å². The highest BCUT2D eigenvalue weighted by molar-refractivity contribution is 5.33. The van der Waals surface area contributed by atoms with Gasteiger partial charge in [-0.05, 0) is 117 Å². The Labute approximate surface area is 304 Å². The fraction of sp³-hybridized carbons (Fsp3) is 0.902. The number of aliphatic hydroxyl groups excluding tert-OH is 1. The van der Waals surface area contributed by atoms with Crippen LogP contribution in [0.1, 0.15) is 99.8 Å². The molecule has 0 bridgehead atoms. The molecule has 1 aromatic heterocycles. The highest BCUT2D eigenvalue weighted by atomic mass is 16.7. The molecule has 284 valence electrons. The van der Waals surface area contributed by atoms with E-state index >= 15 is 0 Å². The zero-order valence-electron chi connectivity index (χ0n) is 32.1. The Balaban J connectivity index is 0.951. The van der Waals surface area contributed by atoms with E-state index in [2.05, 4.69) is 49.5 Å². The molecule has 2 N–H and O–H groups in total. The number of rotatable bonds is 7. The molecule has 1 aromatic rings. The first-order chi connectivity index (χ1) is 24.2. The molecular weight excluding hydrogens is 646 g/mol. The Morgan fingerprint density at radius 1 is 1.00 bits per heavy atom. The minimum atomic E-state index is -1.19. The van der Waals surface area contributed by atoms with Crippen molar-refractivity contribution in [1.29, 1.82) is 0 Å². The van der Waals surface area contributed by atoms with Crippen LogP contribution in [0.15, 0.2) is 18.5 Å². The van der Waals surface area contributed by atoms with Gasteiger partial charge in [0.05, 0.1) is 62.4 Å². The van der Waals surface area contributed by atoms with E-state index < -0.39 is 17.8 Å². The molecule has 6 unspecified atom stereocenters. The molecule has 14 atom stereocenters. The van der Waals surface area contributed by atoms with Crippen LogP contribution in [-0.2, 0) is 18.9 Å². The van der Waals surface area contributed by atoms with Crippen LogP contribution in [0, 0.1) is 50.7 Å². The Hall–Kier alpha value is -1.40. The average molecular weight is 710 g/mol. The van der Waals surface area contributed by atoms with Gasteiger partial charge in [-0.3, -0.25) is 4.90 Å². The van der Waals surface area contributed by atoms with Crippen LogP contribution in [0.4, 0.5) is 0 Å². The van der Waals surface area contributed by atoms with Gasteiger partial charge in [-0.15, -0.1) is 0 Å². The maximum absolute atomic E-state index is 12.7. The van der Waals surface area contributed by atoms with Gasteiger partial charge in [0.2, 0.25) is 0 Å². The number of aliphatic hydroxyl groups is 2. The molecule has 5 saturated carbocycles. The minimum Gasteiger partial charge on any atom is -0.454 e. The summed E-state index contributed by atoms with van der Waals surface area (Å²) in [7, 11) is 0. The maximum atomic E-state index is 12.7. The minimum absolute atomic E-state index is 0.0346. The number of nitrogens with zero attached hydrogens (tertiary/aromatic N) is 3. The summed E-state index contributed by atoms with van der Waals surface area (Å²) in [5, 5.41) is 24.1. The Bertz CT molecular complexity index is 1470. The molecule has 51 heavy (non-hydrogen) atoms. The first-order valence-corrected chi connectivity index (χ1v) is 20.2. The SMILES string of the molecule is CC1CC([C@H](Oc2ncccn2)C(C)(C)O)OC2C1[C@@]1(C)CC[C@@]34C[C@@]35CCC(O[C@H]3CN(C6COC6)CCO3)C(C)(C)[C@@H]5CCC4[C@]1(C)[C@H]2O. The second-order valence-electron chi connectivity index (χ2n) is 19.9. The third kappa shape index (κ3) is 4.91. The van der Waals surface area contributed by atoms with Crippen LogP contribution in [-0.4, -0.2) is 106 Å². The lowest BCUT2D eigenvalue weighted by atomic mass is 9.41. The van der Waals surface area contributed by atoms with E-state index in [1.807, 2.05) is 0 Å². The summed E-state index contributed by atoms with van der Waals surface area (Å²) in [6.07, 6.45) is 10.5. The summed E-state index contributed by atoms with van der Waals surface area (Å²) in [6, 6.07) is 2.50. The number of morpholine rings is 1. The molecular formula is C41H63N3O7. The van der Waals surface area contributed by atoms with E-state index in [1.54, 1.807) is 32.3 Å². The molecule has 4 heterocycles. The third-order valence-corrected chi connectivity index (χ3v) is 17.1. The van der Waals surface area contributed by atoms with E-state index in [0.717, 1.165) is 58.6 Å². The molecule has 0 amide bonds. The van der Waals surface area contributed by atoms with Gasteiger partial charge in [-0.25, -0.2) is 9.97 Å². The summed E-state index contributed by atoms with van der Waals surface area (Å²) in [6.45, 7) is 20.0. The maximum Gasteiger partial charge on any atom is 0.316 e. The second-order valence-corrected chi connectivity index (χ2v) is 19.9. The zero-order chi connectivity index (χ0) is 35.8. The summed E-state index contributed by atoms with van der Waals surface area (Å²) in [4.78, 5) is 11.1. The van der Waals surface area contributed by atoms with Gasteiger partial charge in [0.15, 0.2) is 12.4 Å². The Morgan fingerprint density at radius 3 is 2.43 bits per heavy atom. The van der Waals surface area contributed by atoms with Crippen molar-refractivity contribution in [3.05, 3.63) is 18.5 Å². The number of ether oxygens (including phenoxy) is 5. The van der Waals surface area contributed by atoms with Gasteiger partial charge < -0.3 is 33.9 Å². The number of fused-ring (bicyclic) bond motifs is 4. The largest absolute Gasteiger partial charge is 0.454 e. The molecule has 9 rings (SSSR count). The zero-order valence-corrected chi connectivity index (χ0v) is 32.1. The lowest BCUT2D eigenvalue weighted by molar-refractivity contribution is -0.256. The van der Waals surface area contributed by atoms with Gasteiger partial charge in [-0.2, -0.15) is 0 Å². The average Bonchev–Trinajstić information content (AvgIpc) is 3.69. The van der Waals surface area contributed by atoms with Crippen LogP contribution in [0.3, 0.4) is 0 Å². The van der Waals surface area contributed by atoms with Crippen LogP contribution >= 0.6 is 0 Å². The quantitative estimate of drug-likeness (QED) is 0.389. The molecule has 3 saturated heterocycles. The van der Waals surface area contributed by atoms with Crippen LogP contribution in [0.25, 0.3) is 0 Å². The van der Waals surface area contributed by atoms with Gasteiger partial charge in [0.25, 0.3) is 0 Å². The van der Waals surface area contributed by atoms with Crippen molar-refractivity contribution in [2.24, 2.45) is 50.7 Å². The monoisotopic (exact) mass is 709 g/mol. The fourth-order valence-corrected chi connectivity index (χ4v) is 14.6. The summed E-state index contributed by atoms with van der Waals surface area (Å²) < 4.78 is 31.9. The normalized spacial score (nSPS) is 49.7. The van der Waals surface area contributed by atoms with E-state index in [9.17, 15) is 10.2 Å². The van der Waals surface area contributed by atoms with Gasteiger partial charge in [0.1, 0.15) is 0 Å². The third-order valence-electron chi connectivity index (χ3n) is 17.1. The molecule has 8 fully saturated rings. The molecule has 5 aliphatic carbocycles. The van der Waals surface area contributed by atoms with Gasteiger partial charge in [-0.1, -0.05) is 34.6 Å². The number of aromatic nitrogens is 2. The van der Waals surface area contributed by atoms with Crippen molar-refractivity contribution < 1.29 is 33.9 Å². The predicted octanol–water partition coefficient (Wildman–Crippen LogP) is 5.25. The molecule has 10 nitrogen and oxygen atoms in total. The first kappa shape index (κ1) is 35.3. The number of hydrogen-bond acceptors (Lipinski definition) is 10. The highest BCUT2D eigenvalue weighted by Gasteiger charge is 2.84. The molecule has 0 aromatic carbocycles. The Kier molecular flexibility index (Phi) is 8.17.